The lowest BCUT2D eigenvalue weighted by atomic mass is 10.1. The van der Waals surface area contributed by atoms with Gasteiger partial charge in [0.25, 0.3) is 0 Å². The van der Waals surface area contributed by atoms with Crippen LogP contribution in [0.3, 0.4) is 0 Å². The van der Waals surface area contributed by atoms with Crippen LogP contribution >= 0.6 is 31.9 Å². The van der Waals surface area contributed by atoms with Crippen molar-refractivity contribution < 1.29 is 14.3 Å². The van der Waals surface area contributed by atoms with E-state index in [2.05, 4.69) is 37.2 Å². The number of carbonyl (C=O) groups is 1. The van der Waals surface area contributed by atoms with E-state index >= 15 is 0 Å². The molecule has 1 saturated carbocycles. The number of hydrogen-bond acceptors (Lipinski definition) is 5. The lowest BCUT2D eigenvalue weighted by molar-refractivity contribution is 0.0978. The Morgan fingerprint density at radius 1 is 1.29 bits per heavy atom. The van der Waals surface area contributed by atoms with Gasteiger partial charge in [-0.1, -0.05) is 12.8 Å². The molecule has 0 amide bonds. The largest absolute Gasteiger partial charge is 0.505 e. The Morgan fingerprint density at radius 2 is 2.00 bits per heavy atom. The summed E-state index contributed by atoms with van der Waals surface area (Å²) in [4.78, 5) is 24.5. The fraction of sp³-hybridized carbons (Fsp3) is 0.412. The highest BCUT2D eigenvalue weighted by Gasteiger charge is 2.19. The van der Waals surface area contributed by atoms with Crippen molar-refractivity contribution in [2.45, 2.75) is 38.1 Å². The van der Waals surface area contributed by atoms with E-state index in [-0.39, 0.29) is 33.6 Å². The second-order valence-corrected chi connectivity index (χ2v) is 7.64. The number of phenols is 1. The summed E-state index contributed by atoms with van der Waals surface area (Å²) in [5, 5.41) is 13.8. The second-order valence-electron chi connectivity index (χ2n) is 6.00. The number of nitrogens with one attached hydrogen (secondary N) is 1. The third-order valence-electron chi connectivity index (χ3n) is 4.33. The number of halogens is 2. The molecule has 1 aromatic carbocycles. The molecule has 5 nitrogen and oxygen atoms in total. The molecule has 3 rings (SSSR count). The van der Waals surface area contributed by atoms with Gasteiger partial charge in [0.15, 0.2) is 11.4 Å². The van der Waals surface area contributed by atoms with Crippen LogP contribution < -0.4 is 10.9 Å². The molecule has 0 aliphatic heterocycles. The van der Waals surface area contributed by atoms with Crippen LogP contribution in [0.2, 0.25) is 0 Å². The van der Waals surface area contributed by atoms with Crippen LogP contribution in [0.1, 0.15) is 42.5 Å². The number of carbonyl (C=O) groups excluding carboxylic acids is 1. The van der Waals surface area contributed by atoms with Gasteiger partial charge in [-0.05, 0) is 56.8 Å². The molecule has 0 atom stereocenters. The highest BCUT2D eigenvalue weighted by molar-refractivity contribution is 9.11. The van der Waals surface area contributed by atoms with Gasteiger partial charge in [0.1, 0.15) is 15.8 Å². The molecule has 1 aliphatic rings. The van der Waals surface area contributed by atoms with E-state index in [0.717, 1.165) is 12.8 Å². The lowest BCUT2D eigenvalue weighted by Gasteiger charge is -2.11. The summed E-state index contributed by atoms with van der Waals surface area (Å²) in [5.74, 6) is -0.290. The van der Waals surface area contributed by atoms with Gasteiger partial charge in [0.05, 0.1) is 4.47 Å². The van der Waals surface area contributed by atoms with Crippen LogP contribution in [0.5, 0.6) is 5.75 Å². The average molecular weight is 459 g/mol. The van der Waals surface area contributed by atoms with E-state index in [0.29, 0.717) is 22.4 Å². The van der Waals surface area contributed by atoms with Crippen molar-refractivity contribution in [2.75, 3.05) is 6.54 Å². The third kappa shape index (κ3) is 3.58. The number of hydrogen-bond donors (Lipinski definition) is 2. The van der Waals surface area contributed by atoms with Crippen molar-refractivity contribution >= 4 is 48.6 Å². The second kappa shape index (κ2) is 7.37. The Kier molecular flexibility index (Phi) is 5.42. The molecular formula is C17H17Br2NO4. The molecule has 1 aliphatic carbocycles. The van der Waals surface area contributed by atoms with Gasteiger partial charge in [-0.15, -0.1) is 0 Å². The van der Waals surface area contributed by atoms with Gasteiger partial charge in [-0.3, -0.25) is 4.79 Å². The molecule has 0 radical (unpaired) electrons. The van der Waals surface area contributed by atoms with Crippen molar-refractivity contribution in [2.24, 2.45) is 0 Å². The molecule has 0 spiro atoms. The maximum Gasteiger partial charge on any atom is 0.347 e. The SMILES string of the molecule is O=C(CCNC1CCCC1)c1cc2cc(Br)c(O)c(Br)c2oc1=O. The Morgan fingerprint density at radius 3 is 2.71 bits per heavy atom. The van der Waals surface area contributed by atoms with E-state index in [1.807, 2.05) is 0 Å². The molecule has 0 unspecified atom stereocenters. The first-order valence-electron chi connectivity index (χ1n) is 7.89. The fourth-order valence-corrected chi connectivity index (χ4v) is 4.27. The van der Waals surface area contributed by atoms with Crippen molar-refractivity contribution in [3.8, 4) is 5.75 Å². The van der Waals surface area contributed by atoms with Crippen LogP contribution in [-0.4, -0.2) is 23.5 Å². The molecule has 2 aromatic rings. The highest BCUT2D eigenvalue weighted by Crippen LogP contribution is 2.38. The van der Waals surface area contributed by atoms with Gasteiger partial charge in [-0.25, -0.2) is 4.79 Å². The predicted octanol–water partition coefficient (Wildman–Crippen LogP) is 4.13. The Labute approximate surface area is 155 Å². The molecule has 2 N–H and O–H groups in total. The maximum absolute atomic E-state index is 12.3. The highest BCUT2D eigenvalue weighted by atomic mass is 79.9. The average Bonchev–Trinajstić information content (AvgIpc) is 3.06. The zero-order valence-electron chi connectivity index (χ0n) is 12.9. The van der Waals surface area contributed by atoms with Crippen LogP contribution in [0.4, 0.5) is 0 Å². The number of Topliss-reactive ketones (excluding diaryl/α,β-unsaturated/α-hetero) is 1. The zero-order valence-corrected chi connectivity index (χ0v) is 16.1. The number of rotatable bonds is 5. The number of benzene rings is 1. The Bertz CT molecular complexity index is 841. The summed E-state index contributed by atoms with van der Waals surface area (Å²) in [5.41, 5.74) is -0.419. The number of fused-ring (bicyclic) bond motifs is 1. The topological polar surface area (TPSA) is 79.5 Å². The van der Waals surface area contributed by atoms with E-state index < -0.39 is 5.63 Å². The van der Waals surface area contributed by atoms with Gasteiger partial charge < -0.3 is 14.8 Å². The Balaban J connectivity index is 1.80. The van der Waals surface area contributed by atoms with E-state index in [1.54, 1.807) is 6.07 Å². The van der Waals surface area contributed by atoms with Crippen LogP contribution in [0.25, 0.3) is 11.0 Å². The minimum atomic E-state index is -0.684. The number of aromatic hydroxyl groups is 1. The Hall–Kier alpha value is -1.18. The summed E-state index contributed by atoms with van der Waals surface area (Å²) in [6.45, 7) is 0.559. The predicted molar refractivity (Wildman–Crippen MR) is 98.8 cm³/mol. The molecule has 1 fully saturated rings. The normalized spacial score (nSPS) is 15.2. The first-order valence-corrected chi connectivity index (χ1v) is 9.47. The smallest absolute Gasteiger partial charge is 0.347 e. The van der Waals surface area contributed by atoms with Crippen LogP contribution in [-0.2, 0) is 0 Å². The molecule has 1 heterocycles. The van der Waals surface area contributed by atoms with Crippen LogP contribution in [0.15, 0.2) is 30.3 Å². The minimum Gasteiger partial charge on any atom is -0.505 e. The monoisotopic (exact) mass is 457 g/mol. The first-order chi connectivity index (χ1) is 11.5. The van der Waals surface area contributed by atoms with E-state index in [9.17, 15) is 14.7 Å². The molecule has 0 bridgehead atoms. The quantitative estimate of drug-likeness (QED) is 0.520. The van der Waals surface area contributed by atoms with Crippen LogP contribution in [0, 0.1) is 0 Å². The summed E-state index contributed by atoms with van der Waals surface area (Å²) in [6.07, 6.45) is 5.02. The van der Waals surface area contributed by atoms with E-state index in [1.165, 1.54) is 18.9 Å². The standard InChI is InChI=1S/C17H17Br2NO4/c18-12-8-9-7-11(17(23)24-16(9)14(19)15(12)22)13(21)5-6-20-10-3-1-2-4-10/h7-8,10,20,22H,1-6H2. The number of ketones is 1. The molecule has 24 heavy (non-hydrogen) atoms. The number of phenolic OH excluding ortho intramolecular Hbond substituents is 1. The summed E-state index contributed by atoms with van der Waals surface area (Å²) in [7, 11) is 0. The van der Waals surface area contributed by atoms with Gasteiger partial charge in [0, 0.05) is 24.4 Å². The summed E-state index contributed by atoms with van der Waals surface area (Å²) < 4.78 is 5.97. The maximum atomic E-state index is 12.3. The molecule has 128 valence electrons. The van der Waals surface area contributed by atoms with E-state index in [4.69, 9.17) is 4.42 Å². The summed E-state index contributed by atoms with van der Waals surface area (Å²) >= 11 is 6.43. The van der Waals surface area contributed by atoms with Crippen molar-refractivity contribution in [3.63, 3.8) is 0 Å². The molecule has 0 saturated heterocycles. The van der Waals surface area contributed by atoms with Crippen molar-refractivity contribution in [3.05, 3.63) is 37.1 Å². The molecule has 1 aromatic heterocycles. The molecule has 7 heteroatoms. The lowest BCUT2D eigenvalue weighted by Crippen LogP contribution is -2.29. The minimum absolute atomic E-state index is 0.0419. The third-order valence-corrected chi connectivity index (χ3v) is 5.67. The van der Waals surface area contributed by atoms with Crippen molar-refractivity contribution in [1.82, 2.24) is 5.32 Å². The van der Waals surface area contributed by atoms with Gasteiger partial charge >= 0.3 is 5.63 Å². The van der Waals surface area contributed by atoms with Crippen molar-refractivity contribution in [1.29, 1.82) is 0 Å². The first kappa shape index (κ1) is 17.6. The molecular weight excluding hydrogens is 442 g/mol. The van der Waals surface area contributed by atoms with Gasteiger partial charge in [0.2, 0.25) is 0 Å². The fourth-order valence-electron chi connectivity index (χ4n) is 3.03. The zero-order chi connectivity index (χ0) is 17.3. The summed E-state index contributed by atoms with van der Waals surface area (Å²) in [6, 6.07) is 3.63. The van der Waals surface area contributed by atoms with Gasteiger partial charge in [-0.2, -0.15) is 0 Å².